The van der Waals surface area contributed by atoms with E-state index in [0.717, 1.165) is 36.1 Å². The van der Waals surface area contributed by atoms with Crippen molar-refractivity contribution in [3.8, 4) is 0 Å². The quantitative estimate of drug-likeness (QED) is 0.853. The highest BCUT2D eigenvalue weighted by Gasteiger charge is 2.64. The van der Waals surface area contributed by atoms with E-state index in [0.29, 0.717) is 18.9 Å². The third-order valence-electron chi connectivity index (χ3n) is 6.39. The lowest BCUT2D eigenvalue weighted by atomic mass is 10.0. The standard InChI is InChI=1S/C21H25N3O2/c1-14(2)18-13-26-21-9-10-23(19(21)11-20(25)24(18)21)12-16-8-7-15-5-3-4-6-17(15)22-16/h3-8,14,18-19H,9-13H2,1-2H3/t18-,19+,21-/m0/s1. The first kappa shape index (κ1) is 16.2. The molecule has 1 aromatic heterocycles. The number of benzene rings is 1. The third kappa shape index (κ3) is 2.23. The van der Waals surface area contributed by atoms with Gasteiger partial charge in [-0.3, -0.25) is 14.7 Å². The summed E-state index contributed by atoms with van der Waals surface area (Å²) in [6.45, 7) is 6.75. The predicted octanol–water partition coefficient (Wildman–Crippen LogP) is 2.79. The van der Waals surface area contributed by atoms with Gasteiger partial charge in [-0.25, -0.2) is 0 Å². The van der Waals surface area contributed by atoms with Crippen molar-refractivity contribution in [3.05, 3.63) is 42.1 Å². The Kier molecular flexibility index (Phi) is 3.59. The molecule has 136 valence electrons. The largest absolute Gasteiger partial charge is 0.352 e. The van der Waals surface area contributed by atoms with Crippen LogP contribution in [-0.4, -0.2) is 51.7 Å². The van der Waals surface area contributed by atoms with Crippen LogP contribution in [0.3, 0.4) is 0 Å². The zero-order chi connectivity index (χ0) is 17.9. The van der Waals surface area contributed by atoms with Crippen molar-refractivity contribution >= 4 is 16.8 Å². The number of amides is 1. The van der Waals surface area contributed by atoms with Crippen LogP contribution in [0, 0.1) is 5.92 Å². The van der Waals surface area contributed by atoms with E-state index in [4.69, 9.17) is 9.72 Å². The summed E-state index contributed by atoms with van der Waals surface area (Å²) in [6, 6.07) is 12.8. The summed E-state index contributed by atoms with van der Waals surface area (Å²) in [7, 11) is 0. The van der Waals surface area contributed by atoms with Crippen LogP contribution in [-0.2, 0) is 16.1 Å². The minimum atomic E-state index is -0.400. The molecule has 1 spiro atoms. The van der Waals surface area contributed by atoms with Crippen molar-refractivity contribution < 1.29 is 9.53 Å². The topological polar surface area (TPSA) is 45.7 Å². The number of ether oxygens (including phenoxy) is 1. The molecule has 26 heavy (non-hydrogen) atoms. The van der Waals surface area contributed by atoms with Gasteiger partial charge in [0, 0.05) is 31.3 Å². The molecule has 3 aliphatic heterocycles. The van der Waals surface area contributed by atoms with E-state index in [9.17, 15) is 4.79 Å². The normalized spacial score (nSPS) is 31.2. The average Bonchev–Trinajstić information content (AvgIpc) is 3.25. The van der Waals surface area contributed by atoms with Crippen LogP contribution in [0.1, 0.15) is 32.4 Å². The van der Waals surface area contributed by atoms with Gasteiger partial charge in [-0.2, -0.15) is 0 Å². The maximum Gasteiger partial charge on any atom is 0.226 e. The number of fused-ring (bicyclic) bond motifs is 1. The smallest absolute Gasteiger partial charge is 0.226 e. The molecule has 5 rings (SSSR count). The Labute approximate surface area is 153 Å². The zero-order valence-corrected chi connectivity index (χ0v) is 15.4. The molecule has 3 atom stereocenters. The lowest BCUT2D eigenvalue weighted by Crippen LogP contribution is -2.50. The van der Waals surface area contributed by atoms with Crippen molar-refractivity contribution in [2.45, 2.75) is 51.0 Å². The number of carbonyl (C=O) groups is 1. The maximum absolute atomic E-state index is 12.8. The molecule has 3 saturated heterocycles. The first-order chi connectivity index (χ1) is 12.6. The molecule has 1 aromatic carbocycles. The molecule has 3 fully saturated rings. The van der Waals surface area contributed by atoms with Gasteiger partial charge in [0.2, 0.25) is 5.91 Å². The molecule has 3 aliphatic rings. The van der Waals surface area contributed by atoms with E-state index in [1.165, 1.54) is 0 Å². The maximum atomic E-state index is 12.8. The molecule has 1 amide bonds. The Morgan fingerprint density at radius 1 is 1.27 bits per heavy atom. The lowest BCUT2D eigenvalue weighted by molar-refractivity contribution is -0.139. The summed E-state index contributed by atoms with van der Waals surface area (Å²) in [4.78, 5) is 22.1. The number of likely N-dealkylation sites (tertiary alicyclic amines) is 1. The molecule has 0 radical (unpaired) electrons. The summed E-state index contributed by atoms with van der Waals surface area (Å²) in [5.74, 6) is 0.677. The summed E-state index contributed by atoms with van der Waals surface area (Å²) < 4.78 is 6.31. The number of hydrogen-bond donors (Lipinski definition) is 0. The molecule has 0 saturated carbocycles. The van der Waals surface area contributed by atoms with Crippen molar-refractivity contribution in [1.82, 2.24) is 14.8 Å². The highest BCUT2D eigenvalue weighted by molar-refractivity contribution is 5.82. The summed E-state index contributed by atoms with van der Waals surface area (Å²) >= 11 is 0. The second kappa shape index (κ2) is 5.76. The van der Waals surface area contributed by atoms with E-state index >= 15 is 0 Å². The number of nitrogens with zero attached hydrogens (tertiary/aromatic N) is 3. The van der Waals surface area contributed by atoms with Crippen LogP contribution in [0.25, 0.3) is 10.9 Å². The van der Waals surface area contributed by atoms with Gasteiger partial charge in [-0.05, 0) is 18.1 Å². The van der Waals surface area contributed by atoms with Crippen LogP contribution in [0.15, 0.2) is 36.4 Å². The van der Waals surface area contributed by atoms with Gasteiger partial charge < -0.3 is 9.64 Å². The van der Waals surface area contributed by atoms with Crippen LogP contribution >= 0.6 is 0 Å². The number of hydrogen-bond acceptors (Lipinski definition) is 4. The second-order valence-corrected chi connectivity index (χ2v) is 8.17. The molecule has 0 unspecified atom stereocenters. The van der Waals surface area contributed by atoms with Crippen LogP contribution in [0.4, 0.5) is 0 Å². The molecule has 5 nitrogen and oxygen atoms in total. The highest BCUT2D eigenvalue weighted by Crippen LogP contribution is 2.49. The number of aromatic nitrogens is 1. The minimum absolute atomic E-state index is 0.145. The SMILES string of the molecule is CC(C)[C@@H]1CO[C@@]23CCN(Cc4ccc5ccccc5n4)[C@@H]2CC(=O)N13. The first-order valence-corrected chi connectivity index (χ1v) is 9.63. The minimum Gasteiger partial charge on any atom is -0.352 e. The number of pyridine rings is 1. The summed E-state index contributed by atoms with van der Waals surface area (Å²) in [5.41, 5.74) is 1.69. The molecular weight excluding hydrogens is 326 g/mol. The van der Waals surface area contributed by atoms with Gasteiger partial charge in [0.05, 0.1) is 29.9 Å². The molecule has 0 bridgehead atoms. The molecule has 0 aliphatic carbocycles. The van der Waals surface area contributed by atoms with Crippen LogP contribution in [0.2, 0.25) is 0 Å². The average molecular weight is 351 g/mol. The van der Waals surface area contributed by atoms with E-state index in [1.54, 1.807) is 0 Å². The Bertz CT molecular complexity index is 867. The van der Waals surface area contributed by atoms with Crippen molar-refractivity contribution in [1.29, 1.82) is 0 Å². The summed E-state index contributed by atoms with van der Waals surface area (Å²) in [6.07, 6.45) is 1.47. The predicted molar refractivity (Wildman–Crippen MR) is 99.3 cm³/mol. The third-order valence-corrected chi connectivity index (χ3v) is 6.39. The van der Waals surface area contributed by atoms with E-state index < -0.39 is 5.72 Å². The number of rotatable bonds is 3. The van der Waals surface area contributed by atoms with Gasteiger partial charge in [-0.15, -0.1) is 0 Å². The van der Waals surface area contributed by atoms with Gasteiger partial charge in [0.15, 0.2) is 5.72 Å². The van der Waals surface area contributed by atoms with Gasteiger partial charge >= 0.3 is 0 Å². The Morgan fingerprint density at radius 3 is 2.96 bits per heavy atom. The number of carbonyl (C=O) groups excluding carboxylic acids is 1. The fourth-order valence-electron chi connectivity index (χ4n) is 5.05. The summed E-state index contributed by atoms with van der Waals surface area (Å²) in [5, 5.41) is 1.16. The Balaban J connectivity index is 1.41. The van der Waals surface area contributed by atoms with Crippen LogP contribution < -0.4 is 0 Å². The highest BCUT2D eigenvalue weighted by atomic mass is 16.5. The van der Waals surface area contributed by atoms with Crippen LogP contribution in [0.5, 0.6) is 0 Å². The lowest BCUT2D eigenvalue weighted by Gasteiger charge is -2.34. The molecule has 2 aromatic rings. The van der Waals surface area contributed by atoms with Gasteiger partial charge in [-0.1, -0.05) is 38.1 Å². The van der Waals surface area contributed by atoms with E-state index in [2.05, 4.69) is 47.9 Å². The Morgan fingerprint density at radius 2 is 2.12 bits per heavy atom. The fraction of sp³-hybridized carbons (Fsp3) is 0.524. The molecule has 5 heteroatoms. The molecular formula is C21H25N3O2. The molecule has 0 N–H and O–H groups in total. The second-order valence-electron chi connectivity index (χ2n) is 8.17. The van der Waals surface area contributed by atoms with E-state index in [-0.39, 0.29) is 18.0 Å². The fourth-order valence-corrected chi connectivity index (χ4v) is 5.05. The number of para-hydroxylation sites is 1. The van der Waals surface area contributed by atoms with Crippen molar-refractivity contribution in [2.24, 2.45) is 5.92 Å². The first-order valence-electron chi connectivity index (χ1n) is 9.63. The molecule has 4 heterocycles. The van der Waals surface area contributed by atoms with Gasteiger partial charge in [0.25, 0.3) is 0 Å². The monoisotopic (exact) mass is 351 g/mol. The van der Waals surface area contributed by atoms with Crippen molar-refractivity contribution in [2.75, 3.05) is 13.2 Å². The van der Waals surface area contributed by atoms with Crippen molar-refractivity contribution in [3.63, 3.8) is 0 Å². The zero-order valence-electron chi connectivity index (χ0n) is 15.4. The van der Waals surface area contributed by atoms with Gasteiger partial charge in [0.1, 0.15) is 0 Å². The van der Waals surface area contributed by atoms with E-state index in [1.807, 2.05) is 12.1 Å². The Hall–Kier alpha value is -1.98.